The number of carbonyl (C=O) groups is 1. The van der Waals surface area contributed by atoms with E-state index in [1.54, 1.807) is 0 Å². The lowest BCUT2D eigenvalue weighted by atomic mass is 9.80. The van der Waals surface area contributed by atoms with Crippen LogP contribution in [0.15, 0.2) is 30.3 Å². The van der Waals surface area contributed by atoms with Gasteiger partial charge in [0, 0.05) is 6.54 Å². The van der Waals surface area contributed by atoms with Crippen molar-refractivity contribution in [3.63, 3.8) is 0 Å². The third kappa shape index (κ3) is 5.48. The Hall–Kier alpha value is -1.39. The van der Waals surface area contributed by atoms with Crippen LogP contribution in [0.25, 0.3) is 0 Å². The lowest BCUT2D eigenvalue weighted by Gasteiger charge is -2.30. The maximum absolute atomic E-state index is 11.7. The SMILES string of the molecule is NCC1CCCCC1COCC(=O)NCc1ccccc1. The first kappa shape index (κ1) is 16.0. The van der Waals surface area contributed by atoms with Gasteiger partial charge in [0.1, 0.15) is 6.61 Å². The van der Waals surface area contributed by atoms with Crippen molar-refractivity contribution in [3.05, 3.63) is 35.9 Å². The molecule has 1 saturated carbocycles. The number of nitrogens with one attached hydrogen (secondary N) is 1. The van der Waals surface area contributed by atoms with Crippen LogP contribution >= 0.6 is 0 Å². The molecule has 116 valence electrons. The average Bonchev–Trinajstić information content (AvgIpc) is 2.54. The molecular weight excluding hydrogens is 264 g/mol. The van der Waals surface area contributed by atoms with E-state index in [0.717, 1.165) is 12.1 Å². The van der Waals surface area contributed by atoms with E-state index in [4.69, 9.17) is 10.5 Å². The fourth-order valence-corrected chi connectivity index (χ4v) is 2.96. The third-order valence-electron chi connectivity index (χ3n) is 4.27. The van der Waals surface area contributed by atoms with E-state index < -0.39 is 0 Å². The Balaban J connectivity index is 1.62. The van der Waals surface area contributed by atoms with Crippen LogP contribution in [-0.2, 0) is 16.1 Å². The summed E-state index contributed by atoms with van der Waals surface area (Å²) >= 11 is 0. The van der Waals surface area contributed by atoms with Gasteiger partial charge < -0.3 is 15.8 Å². The van der Waals surface area contributed by atoms with Gasteiger partial charge in [0.2, 0.25) is 5.91 Å². The lowest BCUT2D eigenvalue weighted by Crippen LogP contribution is -2.32. The molecule has 3 N–H and O–H groups in total. The Bertz CT molecular complexity index is 422. The minimum Gasteiger partial charge on any atom is -0.371 e. The predicted octanol–water partition coefficient (Wildman–Crippen LogP) is 2.08. The number of nitrogens with two attached hydrogens (primary N) is 1. The number of rotatable bonds is 7. The van der Waals surface area contributed by atoms with Crippen molar-refractivity contribution < 1.29 is 9.53 Å². The van der Waals surface area contributed by atoms with Crippen molar-refractivity contribution >= 4 is 5.91 Å². The van der Waals surface area contributed by atoms with Crippen LogP contribution in [0.1, 0.15) is 31.2 Å². The highest BCUT2D eigenvalue weighted by Gasteiger charge is 2.24. The van der Waals surface area contributed by atoms with Crippen LogP contribution in [0.2, 0.25) is 0 Å². The van der Waals surface area contributed by atoms with Crippen LogP contribution in [0.5, 0.6) is 0 Å². The molecular formula is C17H26N2O2. The molecule has 0 aliphatic heterocycles. The van der Waals surface area contributed by atoms with Gasteiger partial charge in [0.25, 0.3) is 0 Å². The molecule has 2 unspecified atom stereocenters. The molecule has 0 radical (unpaired) electrons. The summed E-state index contributed by atoms with van der Waals surface area (Å²) in [5, 5.41) is 2.87. The average molecular weight is 290 g/mol. The van der Waals surface area contributed by atoms with E-state index in [1.807, 2.05) is 30.3 Å². The monoisotopic (exact) mass is 290 g/mol. The number of ether oxygens (including phenoxy) is 1. The maximum atomic E-state index is 11.7. The smallest absolute Gasteiger partial charge is 0.246 e. The van der Waals surface area contributed by atoms with E-state index in [1.165, 1.54) is 25.7 Å². The van der Waals surface area contributed by atoms with Crippen molar-refractivity contribution in [1.29, 1.82) is 0 Å². The van der Waals surface area contributed by atoms with Crippen molar-refractivity contribution in [2.45, 2.75) is 32.2 Å². The van der Waals surface area contributed by atoms with Gasteiger partial charge >= 0.3 is 0 Å². The number of amides is 1. The van der Waals surface area contributed by atoms with Gasteiger partial charge in [0.05, 0.1) is 6.61 Å². The molecule has 21 heavy (non-hydrogen) atoms. The predicted molar refractivity (Wildman–Crippen MR) is 83.6 cm³/mol. The quantitative estimate of drug-likeness (QED) is 0.808. The first-order chi connectivity index (χ1) is 10.3. The second-order valence-electron chi connectivity index (χ2n) is 5.82. The van der Waals surface area contributed by atoms with Crippen LogP contribution < -0.4 is 11.1 Å². The van der Waals surface area contributed by atoms with Gasteiger partial charge in [-0.15, -0.1) is 0 Å². The summed E-state index contributed by atoms with van der Waals surface area (Å²) in [6.07, 6.45) is 4.90. The molecule has 1 amide bonds. The fraction of sp³-hybridized carbons (Fsp3) is 0.588. The fourth-order valence-electron chi connectivity index (χ4n) is 2.96. The van der Waals surface area contributed by atoms with Gasteiger partial charge in [-0.2, -0.15) is 0 Å². The van der Waals surface area contributed by atoms with Gasteiger partial charge in [0.15, 0.2) is 0 Å². The van der Waals surface area contributed by atoms with Crippen LogP contribution in [-0.4, -0.2) is 25.7 Å². The first-order valence-corrected chi connectivity index (χ1v) is 7.88. The normalized spacial score (nSPS) is 22.0. The molecule has 0 bridgehead atoms. The molecule has 1 aromatic rings. The van der Waals surface area contributed by atoms with E-state index >= 15 is 0 Å². The zero-order chi connectivity index (χ0) is 14.9. The molecule has 0 heterocycles. The second kappa shape index (κ2) is 8.80. The molecule has 2 atom stereocenters. The Labute approximate surface area is 127 Å². The van der Waals surface area contributed by atoms with E-state index in [9.17, 15) is 4.79 Å². The number of benzene rings is 1. The Kier molecular flexibility index (Phi) is 6.70. The van der Waals surface area contributed by atoms with E-state index in [0.29, 0.717) is 25.0 Å². The Morgan fingerprint density at radius 2 is 1.90 bits per heavy atom. The molecule has 1 aliphatic rings. The highest BCUT2D eigenvalue weighted by atomic mass is 16.5. The summed E-state index contributed by atoms with van der Waals surface area (Å²) in [5.74, 6) is 1.02. The Morgan fingerprint density at radius 3 is 2.62 bits per heavy atom. The van der Waals surface area contributed by atoms with Gasteiger partial charge in [-0.1, -0.05) is 43.2 Å². The summed E-state index contributed by atoms with van der Waals surface area (Å²) in [6.45, 7) is 2.08. The van der Waals surface area contributed by atoms with Gasteiger partial charge in [-0.05, 0) is 36.8 Å². The number of hydrogen-bond acceptors (Lipinski definition) is 3. The lowest BCUT2D eigenvalue weighted by molar-refractivity contribution is -0.126. The van der Waals surface area contributed by atoms with Crippen molar-refractivity contribution in [2.24, 2.45) is 17.6 Å². The van der Waals surface area contributed by atoms with Gasteiger partial charge in [-0.25, -0.2) is 0 Å². The van der Waals surface area contributed by atoms with Gasteiger partial charge in [-0.3, -0.25) is 4.79 Å². The summed E-state index contributed by atoms with van der Waals surface area (Å²) in [6, 6.07) is 9.89. The Morgan fingerprint density at radius 1 is 1.19 bits per heavy atom. The maximum Gasteiger partial charge on any atom is 0.246 e. The van der Waals surface area contributed by atoms with Crippen LogP contribution in [0.3, 0.4) is 0 Å². The van der Waals surface area contributed by atoms with Crippen molar-refractivity contribution in [3.8, 4) is 0 Å². The topological polar surface area (TPSA) is 64.3 Å². The zero-order valence-electron chi connectivity index (χ0n) is 12.6. The minimum atomic E-state index is -0.0565. The minimum absolute atomic E-state index is 0.0565. The number of hydrogen-bond donors (Lipinski definition) is 2. The van der Waals surface area contributed by atoms with Crippen molar-refractivity contribution in [2.75, 3.05) is 19.8 Å². The molecule has 1 fully saturated rings. The highest BCUT2D eigenvalue weighted by molar-refractivity contribution is 5.77. The first-order valence-electron chi connectivity index (χ1n) is 7.88. The second-order valence-corrected chi connectivity index (χ2v) is 5.82. The van der Waals surface area contributed by atoms with E-state index in [-0.39, 0.29) is 12.5 Å². The summed E-state index contributed by atoms with van der Waals surface area (Å²) in [4.78, 5) is 11.7. The molecule has 4 nitrogen and oxygen atoms in total. The molecule has 0 saturated heterocycles. The molecule has 1 aromatic carbocycles. The summed E-state index contributed by atoms with van der Waals surface area (Å²) in [5.41, 5.74) is 6.90. The third-order valence-corrected chi connectivity index (χ3v) is 4.27. The molecule has 2 rings (SSSR count). The van der Waals surface area contributed by atoms with Crippen LogP contribution in [0.4, 0.5) is 0 Å². The molecule has 0 spiro atoms. The summed E-state index contributed by atoms with van der Waals surface area (Å²) < 4.78 is 5.59. The number of carbonyl (C=O) groups excluding carboxylic acids is 1. The highest BCUT2D eigenvalue weighted by Crippen LogP contribution is 2.29. The summed E-state index contributed by atoms with van der Waals surface area (Å²) in [7, 11) is 0. The largest absolute Gasteiger partial charge is 0.371 e. The zero-order valence-corrected chi connectivity index (χ0v) is 12.6. The standard InChI is InChI=1S/C17H26N2O2/c18-10-15-8-4-5-9-16(15)12-21-13-17(20)19-11-14-6-2-1-3-7-14/h1-3,6-7,15-16H,4-5,8-13,18H2,(H,19,20). The molecule has 0 aromatic heterocycles. The van der Waals surface area contributed by atoms with E-state index in [2.05, 4.69) is 5.32 Å². The molecule has 1 aliphatic carbocycles. The van der Waals surface area contributed by atoms with Crippen LogP contribution in [0, 0.1) is 11.8 Å². The molecule has 4 heteroatoms. The van der Waals surface area contributed by atoms with Crippen molar-refractivity contribution in [1.82, 2.24) is 5.32 Å².